The van der Waals surface area contributed by atoms with E-state index >= 15 is 0 Å². The Hall–Kier alpha value is -1.61. The average Bonchev–Trinajstić information content (AvgIpc) is 2.25. The number of hydrogen-bond donors (Lipinski definition) is 3. The summed E-state index contributed by atoms with van der Waals surface area (Å²) in [4.78, 5) is -0.494. The van der Waals surface area contributed by atoms with Crippen LogP contribution < -0.4 is 10.5 Å². The molecule has 5 nitrogen and oxygen atoms in total. The Kier molecular flexibility index (Phi) is 4.40. The molecule has 1 aromatic rings. The van der Waals surface area contributed by atoms with Gasteiger partial charge in [-0.3, -0.25) is 5.41 Å². The zero-order chi connectivity index (χ0) is 16.6. The van der Waals surface area contributed by atoms with Crippen LogP contribution in [0, 0.1) is 12.3 Å². The van der Waals surface area contributed by atoms with Gasteiger partial charge in [0.15, 0.2) is 0 Å². The number of hydrogen-bond acceptors (Lipinski definition) is 3. The molecular weight excluding hydrogens is 307 g/mol. The molecule has 118 valence electrons. The molecule has 0 aliphatic heterocycles. The van der Waals surface area contributed by atoms with Gasteiger partial charge in [0.25, 0.3) is 0 Å². The van der Waals surface area contributed by atoms with E-state index in [1.54, 1.807) is 0 Å². The second-order valence-corrected chi connectivity index (χ2v) is 6.72. The molecule has 0 fully saturated rings. The lowest BCUT2D eigenvalue weighted by molar-refractivity contribution is -0.138. The fraction of sp³-hybridized carbons (Fsp3) is 0.417. The fourth-order valence-electron chi connectivity index (χ4n) is 1.66. The Balaban J connectivity index is 3.38. The molecule has 0 aliphatic rings. The quantitative estimate of drug-likeness (QED) is 0.584. The van der Waals surface area contributed by atoms with E-state index in [1.807, 2.05) is 0 Å². The first kappa shape index (κ1) is 17.4. The molecule has 0 aromatic heterocycles. The molecule has 0 heterocycles. The second-order valence-electron chi connectivity index (χ2n) is 5.07. The summed E-state index contributed by atoms with van der Waals surface area (Å²) in [5, 5.41) is 7.31. The van der Waals surface area contributed by atoms with Gasteiger partial charge in [-0.1, -0.05) is 6.07 Å². The van der Waals surface area contributed by atoms with E-state index in [0.717, 1.165) is 25.1 Å². The molecule has 0 atom stereocenters. The number of nitrogens with two attached hydrogens (primary N) is 1. The van der Waals surface area contributed by atoms with E-state index in [-0.39, 0.29) is 0 Å². The van der Waals surface area contributed by atoms with Gasteiger partial charge in [-0.15, -0.1) is 0 Å². The predicted octanol–water partition coefficient (Wildman–Crippen LogP) is 2.01. The molecule has 1 aromatic carbocycles. The maximum Gasteiger partial charge on any atom is 0.416 e. The van der Waals surface area contributed by atoms with Crippen molar-refractivity contribution in [3.05, 3.63) is 29.3 Å². The summed E-state index contributed by atoms with van der Waals surface area (Å²) < 4.78 is 65.0. The van der Waals surface area contributed by atoms with Gasteiger partial charge in [-0.25, -0.2) is 8.42 Å². The van der Waals surface area contributed by atoms with Gasteiger partial charge in [-0.05, 0) is 38.5 Å². The largest absolute Gasteiger partial charge is 0.416 e. The van der Waals surface area contributed by atoms with Crippen LogP contribution in [0.25, 0.3) is 0 Å². The molecule has 0 saturated carbocycles. The third kappa shape index (κ3) is 3.73. The van der Waals surface area contributed by atoms with E-state index in [4.69, 9.17) is 11.1 Å². The van der Waals surface area contributed by atoms with E-state index in [9.17, 15) is 21.6 Å². The SMILES string of the molecule is Cc1c(C(F)(F)F)cccc1S(=O)(=O)NC(C)(C)C(=N)N. The number of rotatable bonds is 4. The van der Waals surface area contributed by atoms with Crippen molar-refractivity contribution < 1.29 is 21.6 Å². The van der Waals surface area contributed by atoms with Crippen molar-refractivity contribution in [3.63, 3.8) is 0 Å². The molecule has 0 unspecified atom stereocenters. The number of nitrogens with one attached hydrogen (secondary N) is 2. The zero-order valence-corrected chi connectivity index (χ0v) is 12.5. The summed E-state index contributed by atoms with van der Waals surface area (Å²) in [5.74, 6) is -0.448. The van der Waals surface area contributed by atoms with Gasteiger partial charge in [0.05, 0.1) is 16.0 Å². The van der Waals surface area contributed by atoms with Crippen molar-refractivity contribution in [2.45, 2.75) is 37.4 Å². The van der Waals surface area contributed by atoms with Crippen LogP contribution in [0.5, 0.6) is 0 Å². The molecular formula is C12H16F3N3O2S. The van der Waals surface area contributed by atoms with Gasteiger partial charge >= 0.3 is 6.18 Å². The van der Waals surface area contributed by atoms with Crippen LogP contribution in [0.2, 0.25) is 0 Å². The summed E-state index contributed by atoms with van der Waals surface area (Å²) in [7, 11) is -4.25. The molecule has 1 rings (SSSR count). The fourth-order valence-corrected chi connectivity index (χ4v) is 3.32. The Morgan fingerprint density at radius 2 is 1.81 bits per heavy atom. The Labute approximate surface area is 120 Å². The lowest BCUT2D eigenvalue weighted by atomic mass is 10.1. The summed E-state index contributed by atoms with van der Waals surface area (Å²) in [5.41, 5.74) is 2.44. The van der Waals surface area contributed by atoms with Crippen molar-refractivity contribution in [3.8, 4) is 0 Å². The van der Waals surface area contributed by atoms with Gasteiger partial charge in [0.1, 0.15) is 5.84 Å². The van der Waals surface area contributed by atoms with Crippen LogP contribution in [0.3, 0.4) is 0 Å². The van der Waals surface area contributed by atoms with Gasteiger partial charge in [-0.2, -0.15) is 17.9 Å². The minimum Gasteiger partial charge on any atom is -0.386 e. The highest BCUT2D eigenvalue weighted by Crippen LogP contribution is 2.34. The summed E-state index contributed by atoms with van der Waals surface area (Å²) >= 11 is 0. The highest BCUT2D eigenvalue weighted by molar-refractivity contribution is 7.89. The first-order valence-corrected chi connectivity index (χ1v) is 7.32. The monoisotopic (exact) mass is 323 g/mol. The number of sulfonamides is 1. The summed E-state index contributed by atoms with van der Waals surface area (Å²) in [6, 6.07) is 2.90. The molecule has 0 saturated heterocycles. The first-order valence-electron chi connectivity index (χ1n) is 5.84. The number of benzene rings is 1. The summed E-state index contributed by atoms with van der Waals surface area (Å²) in [6.45, 7) is 3.77. The van der Waals surface area contributed by atoms with Crippen LogP contribution >= 0.6 is 0 Å². The third-order valence-corrected chi connectivity index (χ3v) is 4.74. The molecule has 4 N–H and O–H groups in total. The van der Waals surface area contributed by atoms with Crippen molar-refractivity contribution >= 4 is 15.9 Å². The minimum absolute atomic E-state index is 0.406. The van der Waals surface area contributed by atoms with Crippen molar-refractivity contribution in [2.75, 3.05) is 0 Å². The molecule has 0 bridgehead atoms. The smallest absolute Gasteiger partial charge is 0.386 e. The lowest BCUT2D eigenvalue weighted by Gasteiger charge is -2.25. The Bertz CT molecular complexity index is 667. The van der Waals surface area contributed by atoms with Crippen molar-refractivity contribution in [2.24, 2.45) is 5.73 Å². The highest BCUT2D eigenvalue weighted by Gasteiger charge is 2.36. The molecule has 0 radical (unpaired) electrons. The molecule has 9 heteroatoms. The van der Waals surface area contributed by atoms with Crippen molar-refractivity contribution in [1.29, 1.82) is 5.41 Å². The Morgan fingerprint density at radius 1 is 1.29 bits per heavy atom. The average molecular weight is 323 g/mol. The molecule has 21 heavy (non-hydrogen) atoms. The zero-order valence-electron chi connectivity index (χ0n) is 11.7. The first-order chi connectivity index (χ1) is 9.29. The maximum atomic E-state index is 12.8. The van der Waals surface area contributed by atoms with Crippen LogP contribution in [0.4, 0.5) is 13.2 Å². The third-order valence-electron chi connectivity index (χ3n) is 2.94. The second kappa shape index (κ2) is 5.30. The minimum atomic E-state index is -4.65. The van der Waals surface area contributed by atoms with E-state index in [1.165, 1.54) is 13.8 Å². The summed E-state index contributed by atoms with van der Waals surface area (Å²) in [6.07, 6.45) is -4.65. The number of halogens is 3. The number of amidine groups is 1. The van der Waals surface area contributed by atoms with E-state index in [2.05, 4.69) is 4.72 Å². The van der Waals surface area contributed by atoms with Gasteiger partial charge in [0.2, 0.25) is 10.0 Å². The van der Waals surface area contributed by atoms with Crippen LogP contribution in [-0.4, -0.2) is 19.8 Å². The van der Waals surface area contributed by atoms with Crippen LogP contribution in [0.15, 0.2) is 23.1 Å². The lowest BCUT2D eigenvalue weighted by Crippen LogP contribution is -2.52. The standard InChI is InChI=1S/C12H16F3N3O2S/c1-7-8(12(13,14)15)5-4-6-9(7)21(19,20)18-11(2,3)10(16)17/h4-6,18H,1-3H3,(H3,16,17). The van der Waals surface area contributed by atoms with Crippen LogP contribution in [0.1, 0.15) is 25.0 Å². The molecule has 0 spiro atoms. The number of alkyl halides is 3. The highest BCUT2D eigenvalue weighted by atomic mass is 32.2. The van der Waals surface area contributed by atoms with Crippen molar-refractivity contribution in [1.82, 2.24) is 4.72 Å². The topological polar surface area (TPSA) is 96.0 Å². The molecule has 0 aliphatic carbocycles. The van der Waals surface area contributed by atoms with Gasteiger partial charge < -0.3 is 5.73 Å². The maximum absolute atomic E-state index is 12.8. The van der Waals surface area contributed by atoms with E-state index in [0.29, 0.717) is 0 Å². The van der Waals surface area contributed by atoms with E-state index < -0.39 is 43.6 Å². The molecule has 0 amide bonds. The predicted molar refractivity (Wildman–Crippen MR) is 72.5 cm³/mol. The Morgan fingerprint density at radius 3 is 2.24 bits per heavy atom. The normalized spacial score (nSPS) is 13.2. The van der Waals surface area contributed by atoms with Crippen LogP contribution in [-0.2, 0) is 16.2 Å². The van der Waals surface area contributed by atoms with Gasteiger partial charge in [0, 0.05) is 0 Å².